The Kier molecular flexibility index (Phi) is 4.13. The van der Waals surface area contributed by atoms with Gasteiger partial charge in [0.05, 0.1) is 13.5 Å². The molecule has 0 fully saturated rings. The van der Waals surface area contributed by atoms with E-state index in [9.17, 15) is 4.79 Å². The summed E-state index contributed by atoms with van der Waals surface area (Å²) >= 11 is 0. The molecule has 1 unspecified atom stereocenters. The lowest BCUT2D eigenvalue weighted by atomic mass is 9.77. The van der Waals surface area contributed by atoms with Gasteiger partial charge in [0.15, 0.2) is 0 Å². The van der Waals surface area contributed by atoms with Gasteiger partial charge in [0, 0.05) is 0 Å². The molecule has 0 saturated heterocycles. The molecule has 0 aliphatic heterocycles. The Morgan fingerprint density at radius 2 is 2.33 bits per heavy atom. The predicted molar refractivity (Wildman–Crippen MR) is 61.4 cm³/mol. The Bertz CT molecular complexity index is 289. The summed E-state index contributed by atoms with van der Waals surface area (Å²) in [5.74, 6) is 0.756. The lowest BCUT2D eigenvalue weighted by Gasteiger charge is -2.28. The van der Waals surface area contributed by atoms with Crippen LogP contribution < -0.4 is 0 Å². The molecule has 15 heavy (non-hydrogen) atoms. The first-order valence-corrected chi connectivity index (χ1v) is 5.43. The SMILES string of the molecule is C=C(C)[C@@H]1CC=C(C)C(CC(=O)OC)C1. The summed E-state index contributed by atoms with van der Waals surface area (Å²) in [6, 6.07) is 0. The summed E-state index contributed by atoms with van der Waals surface area (Å²) in [4.78, 5) is 11.2. The third-order valence-corrected chi connectivity index (χ3v) is 3.27. The van der Waals surface area contributed by atoms with Crippen molar-refractivity contribution >= 4 is 5.97 Å². The maximum Gasteiger partial charge on any atom is 0.306 e. The first kappa shape index (κ1) is 12.0. The van der Waals surface area contributed by atoms with Crippen molar-refractivity contribution in [1.82, 2.24) is 0 Å². The van der Waals surface area contributed by atoms with Gasteiger partial charge in [0.2, 0.25) is 0 Å². The van der Waals surface area contributed by atoms with Crippen molar-refractivity contribution in [3.8, 4) is 0 Å². The standard InChI is InChI=1S/C13H20O2/c1-9(2)11-6-5-10(3)12(7-11)8-13(14)15-4/h5,11-12H,1,6-8H2,2-4H3/t11-,12?/m1/s1. The number of hydrogen-bond donors (Lipinski definition) is 0. The van der Waals surface area contributed by atoms with Crippen LogP contribution in [0.4, 0.5) is 0 Å². The first-order valence-electron chi connectivity index (χ1n) is 5.43. The fourth-order valence-electron chi connectivity index (χ4n) is 2.05. The summed E-state index contributed by atoms with van der Waals surface area (Å²) < 4.78 is 4.71. The van der Waals surface area contributed by atoms with Gasteiger partial charge in [-0.3, -0.25) is 4.79 Å². The van der Waals surface area contributed by atoms with E-state index in [1.54, 1.807) is 0 Å². The Balaban J connectivity index is 2.63. The molecule has 0 aromatic heterocycles. The van der Waals surface area contributed by atoms with Gasteiger partial charge in [0.1, 0.15) is 0 Å². The molecule has 0 heterocycles. The number of methoxy groups -OCH3 is 1. The number of hydrogen-bond acceptors (Lipinski definition) is 2. The average Bonchev–Trinajstić information content (AvgIpc) is 2.20. The number of ether oxygens (including phenoxy) is 1. The molecule has 0 bridgehead atoms. The van der Waals surface area contributed by atoms with E-state index in [0.717, 1.165) is 12.8 Å². The number of esters is 1. The van der Waals surface area contributed by atoms with Crippen LogP contribution in [-0.2, 0) is 9.53 Å². The largest absolute Gasteiger partial charge is 0.469 e. The molecule has 2 heteroatoms. The molecule has 2 atom stereocenters. The molecule has 0 N–H and O–H groups in total. The molecule has 0 amide bonds. The van der Waals surface area contributed by atoms with Crippen molar-refractivity contribution in [2.24, 2.45) is 11.8 Å². The highest BCUT2D eigenvalue weighted by atomic mass is 16.5. The number of carbonyl (C=O) groups is 1. The van der Waals surface area contributed by atoms with Crippen LogP contribution in [0.15, 0.2) is 23.8 Å². The van der Waals surface area contributed by atoms with Crippen LogP contribution in [0.2, 0.25) is 0 Å². The van der Waals surface area contributed by atoms with Crippen molar-refractivity contribution in [3.05, 3.63) is 23.8 Å². The van der Waals surface area contributed by atoms with Gasteiger partial charge in [-0.25, -0.2) is 0 Å². The fraction of sp³-hybridized carbons (Fsp3) is 0.615. The zero-order valence-electron chi connectivity index (χ0n) is 9.88. The van der Waals surface area contributed by atoms with Crippen LogP contribution in [0.25, 0.3) is 0 Å². The van der Waals surface area contributed by atoms with Gasteiger partial charge in [-0.2, -0.15) is 0 Å². The lowest BCUT2D eigenvalue weighted by molar-refractivity contribution is -0.141. The topological polar surface area (TPSA) is 26.3 Å². The molecule has 0 radical (unpaired) electrons. The summed E-state index contributed by atoms with van der Waals surface area (Å²) in [6.07, 6.45) is 4.84. The average molecular weight is 208 g/mol. The highest BCUT2D eigenvalue weighted by Crippen LogP contribution is 2.34. The van der Waals surface area contributed by atoms with E-state index in [4.69, 9.17) is 4.74 Å². The van der Waals surface area contributed by atoms with E-state index in [1.807, 2.05) is 0 Å². The number of rotatable bonds is 3. The minimum Gasteiger partial charge on any atom is -0.469 e. The third-order valence-electron chi connectivity index (χ3n) is 3.27. The van der Waals surface area contributed by atoms with Crippen molar-refractivity contribution in [1.29, 1.82) is 0 Å². The molecular weight excluding hydrogens is 188 g/mol. The van der Waals surface area contributed by atoms with Crippen LogP contribution in [-0.4, -0.2) is 13.1 Å². The molecule has 1 aliphatic carbocycles. The second-order valence-electron chi connectivity index (χ2n) is 4.44. The molecule has 1 aliphatic rings. The van der Waals surface area contributed by atoms with Crippen molar-refractivity contribution in [3.63, 3.8) is 0 Å². The zero-order valence-corrected chi connectivity index (χ0v) is 9.88. The molecule has 1 rings (SSSR count). The molecule has 84 valence electrons. The second-order valence-corrected chi connectivity index (χ2v) is 4.44. The Morgan fingerprint density at radius 1 is 1.67 bits per heavy atom. The van der Waals surface area contributed by atoms with E-state index < -0.39 is 0 Å². The normalized spacial score (nSPS) is 25.7. The smallest absolute Gasteiger partial charge is 0.306 e. The summed E-state index contributed by atoms with van der Waals surface area (Å²) in [5, 5.41) is 0. The highest BCUT2D eigenvalue weighted by Gasteiger charge is 2.24. The van der Waals surface area contributed by atoms with Gasteiger partial charge < -0.3 is 4.74 Å². The molecule has 0 spiro atoms. The monoisotopic (exact) mass is 208 g/mol. The molecular formula is C13H20O2. The van der Waals surface area contributed by atoms with Crippen LogP contribution in [0.3, 0.4) is 0 Å². The predicted octanol–water partition coefficient (Wildman–Crippen LogP) is 3.10. The van der Waals surface area contributed by atoms with E-state index in [1.165, 1.54) is 18.3 Å². The van der Waals surface area contributed by atoms with Crippen molar-refractivity contribution in [2.45, 2.75) is 33.1 Å². The Morgan fingerprint density at radius 3 is 2.87 bits per heavy atom. The number of carbonyl (C=O) groups excluding carboxylic acids is 1. The van der Waals surface area contributed by atoms with Gasteiger partial charge >= 0.3 is 5.97 Å². The second kappa shape index (κ2) is 5.15. The summed E-state index contributed by atoms with van der Waals surface area (Å²) in [5.41, 5.74) is 2.53. The van der Waals surface area contributed by atoms with Gasteiger partial charge in [0.25, 0.3) is 0 Å². The highest BCUT2D eigenvalue weighted by molar-refractivity contribution is 5.70. The molecule has 0 aromatic carbocycles. The van der Waals surface area contributed by atoms with E-state index >= 15 is 0 Å². The van der Waals surface area contributed by atoms with Crippen LogP contribution in [0, 0.1) is 11.8 Å². The van der Waals surface area contributed by atoms with E-state index in [2.05, 4.69) is 26.5 Å². The van der Waals surface area contributed by atoms with Crippen LogP contribution >= 0.6 is 0 Å². The van der Waals surface area contributed by atoms with Crippen LogP contribution in [0.5, 0.6) is 0 Å². The zero-order chi connectivity index (χ0) is 11.4. The lowest BCUT2D eigenvalue weighted by Crippen LogP contribution is -2.19. The van der Waals surface area contributed by atoms with Gasteiger partial charge in [-0.1, -0.05) is 23.8 Å². The maximum atomic E-state index is 11.2. The van der Waals surface area contributed by atoms with Gasteiger partial charge in [-0.05, 0) is 38.5 Å². The third kappa shape index (κ3) is 3.22. The summed E-state index contributed by atoms with van der Waals surface area (Å²) in [7, 11) is 1.44. The quantitative estimate of drug-likeness (QED) is 0.526. The number of allylic oxidation sites excluding steroid dienone is 3. The van der Waals surface area contributed by atoms with Gasteiger partial charge in [-0.15, -0.1) is 0 Å². The van der Waals surface area contributed by atoms with Crippen molar-refractivity contribution < 1.29 is 9.53 Å². The minimum absolute atomic E-state index is 0.116. The first-order chi connectivity index (χ1) is 7.04. The molecule has 0 saturated carbocycles. The van der Waals surface area contributed by atoms with E-state index in [0.29, 0.717) is 18.3 Å². The van der Waals surface area contributed by atoms with Crippen molar-refractivity contribution in [2.75, 3.05) is 7.11 Å². The molecule has 2 nitrogen and oxygen atoms in total. The van der Waals surface area contributed by atoms with Crippen LogP contribution in [0.1, 0.15) is 33.1 Å². The summed E-state index contributed by atoms with van der Waals surface area (Å²) in [6.45, 7) is 8.16. The van der Waals surface area contributed by atoms with E-state index in [-0.39, 0.29) is 5.97 Å². The minimum atomic E-state index is -0.116. The maximum absolute atomic E-state index is 11.2. The molecule has 0 aromatic rings. The Labute approximate surface area is 92.0 Å². The fourth-order valence-corrected chi connectivity index (χ4v) is 2.05. The Hall–Kier alpha value is -1.05.